The van der Waals surface area contributed by atoms with Gasteiger partial charge in [-0.1, -0.05) is 0 Å². The third-order valence-corrected chi connectivity index (χ3v) is 3.31. The van der Waals surface area contributed by atoms with Crippen molar-refractivity contribution in [3.05, 3.63) is 18.2 Å². The molecule has 1 aromatic rings. The first-order valence-electron chi connectivity index (χ1n) is 6.05. The van der Waals surface area contributed by atoms with Crippen molar-refractivity contribution in [2.24, 2.45) is 5.92 Å². The molecule has 1 aromatic heterocycles. The van der Waals surface area contributed by atoms with Gasteiger partial charge in [0.05, 0.1) is 12.0 Å². The molecule has 0 amide bonds. The van der Waals surface area contributed by atoms with E-state index in [4.69, 9.17) is 0 Å². The normalized spacial score (nSPS) is 22.3. The molecule has 2 rings (SSSR count). The second-order valence-corrected chi connectivity index (χ2v) is 4.85. The molecule has 0 bridgehead atoms. The van der Waals surface area contributed by atoms with Gasteiger partial charge >= 0.3 is 7.05 Å². The topological polar surface area (TPSA) is 41.3 Å². The molecular weight excluding hydrogens is 201 g/mol. The van der Waals surface area contributed by atoms with Crippen LogP contribution >= 0.6 is 0 Å². The van der Waals surface area contributed by atoms with E-state index in [0.717, 1.165) is 25.3 Å². The van der Waals surface area contributed by atoms with Crippen LogP contribution in [0.3, 0.4) is 0 Å². The highest BCUT2D eigenvalue weighted by molar-refractivity contribution is 6.45. The van der Waals surface area contributed by atoms with Gasteiger partial charge in [-0.2, -0.15) is 0 Å². The molecular formula is C11H20BN3O. The molecule has 16 heavy (non-hydrogen) atoms. The van der Waals surface area contributed by atoms with Gasteiger partial charge in [0.25, 0.3) is 0 Å². The first kappa shape index (κ1) is 11.7. The van der Waals surface area contributed by atoms with Crippen molar-refractivity contribution in [3.8, 4) is 0 Å². The molecule has 88 valence electrons. The summed E-state index contributed by atoms with van der Waals surface area (Å²) in [6, 6.07) is 0. The van der Waals surface area contributed by atoms with E-state index in [-0.39, 0.29) is 7.05 Å². The average molecular weight is 221 g/mol. The van der Waals surface area contributed by atoms with Crippen LogP contribution in [0.5, 0.6) is 0 Å². The Balaban J connectivity index is 1.90. The zero-order valence-electron chi connectivity index (χ0n) is 10.1. The van der Waals surface area contributed by atoms with Crippen molar-refractivity contribution in [2.45, 2.75) is 33.1 Å². The Morgan fingerprint density at radius 3 is 3.06 bits per heavy atom. The lowest BCUT2D eigenvalue weighted by Gasteiger charge is -2.33. The lowest BCUT2D eigenvalue weighted by Crippen LogP contribution is -2.45. The third kappa shape index (κ3) is 2.86. The van der Waals surface area contributed by atoms with Crippen LogP contribution in [0.2, 0.25) is 6.82 Å². The van der Waals surface area contributed by atoms with Gasteiger partial charge in [0.2, 0.25) is 0 Å². The van der Waals surface area contributed by atoms with Crippen molar-refractivity contribution in [1.29, 1.82) is 0 Å². The fourth-order valence-corrected chi connectivity index (χ4v) is 2.46. The number of hydrogen-bond acceptors (Lipinski definition) is 3. The molecule has 0 saturated carbocycles. The minimum absolute atomic E-state index is 0.313. The van der Waals surface area contributed by atoms with Crippen molar-refractivity contribution in [1.82, 2.24) is 14.4 Å². The molecule has 0 aliphatic carbocycles. The third-order valence-electron chi connectivity index (χ3n) is 3.31. The van der Waals surface area contributed by atoms with E-state index in [1.54, 1.807) is 0 Å². The molecule has 2 heterocycles. The number of nitrogens with zero attached hydrogens (tertiary/aromatic N) is 3. The number of hydrogen-bond donors (Lipinski definition) is 1. The highest BCUT2D eigenvalue weighted by Crippen LogP contribution is 2.18. The van der Waals surface area contributed by atoms with Crippen molar-refractivity contribution >= 4 is 7.05 Å². The summed E-state index contributed by atoms with van der Waals surface area (Å²) in [5.41, 5.74) is 1.07. The zero-order chi connectivity index (χ0) is 11.5. The molecule has 4 nitrogen and oxygen atoms in total. The van der Waals surface area contributed by atoms with Gasteiger partial charge in [-0.25, -0.2) is 4.98 Å². The van der Waals surface area contributed by atoms with Gasteiger partial charge in [-0.3, -0.25) is 0 Å². The van der Waals surface area contributed by atoms with E-state index in [0.29, 0.717) is 5.92 Å². The average Bonchev–Trinajstić information content (AvgIpc) is 2.64. The summed E-state index contributed by atoms with van der Waals surface area (Å²) in [6.07, 6.45) is 6.42. The fraction of sp³-hybridized carbons (Fsp3) is 0.727. The van der Waals surface area contributed by atoms with Gasteiger partial charge < -0.3 is 14.4 Å². The van der Waals surface area contributed by atoms with Crippen LogP contribution in [0.15, 0.2) is 12.5 Å². The maximum absolute atomic E-state index is 9.57. The molecule has 1 atom stereocenters. The largest absolute Gasteiger partial charge is 0.437 e. The Bertz CT molecular complexity index is 340. The second kappa shape index (κ2) is 5.02. The quantitative estimate of drug-likeness (QED) is 0.774. The smallest absolute Gasteiger partial charge is 0.376 e. The Hall–Kier alpha value is -0.805. The van der Waals surface area contributed by atoms with E-state index >= 15 is 0 Å². The summed E-state index contributed by atoms with van der Waals surface area (Å²) < 4.78 is 2.16. The van der Waals surface area contributed by atoms with Gasteiger partial charge in [0.1, 0.15) is 0 Å². The summed E-state index contributed by atoms with van der Waals surface area (Å²) in [7, 11) is -0.313. The van der Waals surface area contributed by atoms with Crippen LogP contribution in [0, 0.1) is 12.8 Å². The predicted octanol–water partition coefficient (Wildman–Crippen LogP) is 1.01. The molecule has 1 aliphatic heterocycles. The molecule has 0 aromatic carbocycles. The van der Waals surface area contributed by atoms with Crippen LogP contribution in [-0.4, -0.2) is 39.5 Å². The second-order valence-electron chi connectivity index (χ2n) is 4.85. The van der Waals surface area contributed by atoms with Crippen molar-refractivity contribution < 1.29 is 5.02 Å². The van der Waals surface area contributed by atoms with Crippen LogP contribution in [0.25, 0.3) is 0 Å². The minimum Gasteiger partial charge on any atom is -0.437 e. The van der Waals surface area contributed by atoms with Gasteiger partial charge in [0.15, 0.2) is 0 Å². The zero-order valence-corrected chi connectivity index (χ0v) is 10.1. The molecule has 1 saturated heterocycles. The van der Waals surface area contributed by atoms with Gasteiger partial charge in [-0.15, -0.1) is 0 Å². The van der Waals surface area contributed by atoms with Gasteiger partial charge in [-0.05, 0) is 45.6 Å². The molecule has 1 aliphatic rings. The lowest BCUT2D eigenvalue weighted by molar-refractivity contribution is 0.225. The number of aryl methyl sites for hydroxylation is 1. The number of rotatable bonds is 3. The molecule has 0 spiro atoms. The van der Waals surface area contributed by atoms with Crippen LogP contribution in [-0.2, 0) is 6.54 Å². The Kier molecular flexibility index (Phi) is 3.66. The SMILES string of the molecule is CB(O)N1CCC[C@H](Cn2cnc(C)c2)C1. The lowest BCUT2D eigenvalue weighted by atomic mass is 9.80. The molecule has 0 radical (unpaired) electrons. The standard InChI is InChI=1S/C11H20BN3O/c1-10-6-14(9-13-10)7-11-4-3-5-15(8-11)12(2)16/h6,9,11,16H,3-5,7-8H2,1-2H3/t11-/m1/s1. The minimum atomic E-state index is -0.313. The Morgan fingerprint density at radius 2 is 2.44 bits per heavy atom. The van der Waals surface area contributed by atoms with Crippen molar-refractivity contribution in [2.75, 3.05) is 13.1 Å². The van der Waals surface area contributed by atoms with Gasteiger partial charge in [0, 0.05) is 12.7 Å². The fourth-order valence-electron chi connectivity index (χ4n) is 2.46. The molecule has 0 unspecified atom stereocenters. The monoisotopic (exact) mass is 221 g/mol. The van der Waals surface area contributed by atoms with E-state index in [9.17, 15) is 5.02 Å². The van der Waals surface area contributed by atoms with E-state index < -0.39 is 0 Å². The first-order valence-corrected chi connectivity index (χ1v) is 6.05. The maximum Gasteiger partial charge on any atom is 0.376 e. The van der Waals surface area contributed by atoms with Crippen molar-refractivity contribution in [3.63, 3.8) is 0 Å². The number of aromatic nitrogens is 2. The molecule has 1 N–H and O–H groups in total. The first-order chi connectivity index (χ1) is 7.65. The van der Waals surface area contributed by atoms with Crippen LogP contribution in [0.1, 0.15) is 18.5 Å². The highest BCUT2D eigenvalue weighted by atomic mass is 16.2. The summed E-state index contributed by atoms with van der Waals surface area (Å²) in [4.78, 5) is 6.39. The number of imidazole rings is 1. The van der Waals surface area contributed by atoms with Crippen LogP contribution in [0.4, 0.5) is 0 Å². The number of piperidine rings is 1. The summed E-state index contributed by atoms with van der Waals surface area (Å²) in [6.45, 7) is 6.90. The Morgan fingerprint density at radius 1 is 1.62 bits per heavy atom. The summed E-state index contributed by atoms with van der Waals surface area (Å²) in [5, 5.41) is 9.57. The molecule has 1 fully saturated rings. The summed E-state index contributed by atoms with van der Waals surface area (Å²) in [5.74, 6) is 0.636. The van der Waals surface area contributed by atoms with E-state index in [1.165, 1.54) is 12.8 Å². The summed E-state index contributed by atoms with van der Waals surface area (Å²) >= 11 is 0. The maximum atomic E-state index is 9.57. The molecule has 5 heteroatoms. The highest BCUT2D eigenvalue weighted by Gasteiger charge is 2.24. The van der Waals surface area contributed by atoms with E-state index in [1.807, 2.05) is 20.1 Å². The predicted molar refractivity (Wildman–Crippen MR) is 65.1 cm³/mol. The van der Waals surface area contributed by atoms with Crippen LogP contribution < -0.4 is 0 Å². The van der Waals surface area contributed by atoms with E-state index in [2.05, 4.69) is 20.6 Å². The Labute approximate surface area is 97.4 Å².